The van der Waals surface area contributed by atoms with Gasteiger partial charge in [0.25, 0.3) is 0 Å². The Labute approximate surface area is 346 Å². The second kappa shape index (κ2) is 14.9. The molecule has 2 saturated carbocycles. The van der Waals surface area contributed by atoms with Gasteiger partial charge in [0.1, 0.15) is 23.7 Å². The fraction of sp³-hybridized carbons (Fsp3) is 0.467. The van der Waals surface area contributed by atoms with Crippen LogP contribution in [0.25, 0.3) is 44.2 Å². The van der Waals surface area contributed by atoms with Crippen LogP contribution in [0.4, 0.5) is 9.59 Å². The zero-order valence-electron chi connectivity index (χ0n) is 33.9. The van der Waals surface area contributed by atoms with Crippen molar-refractivity contribution in [1.82, 2.24) is 40.4 Å². The summed E-state index contributed by atoms with van der Waals surface area (Å²) in [6.45, 7) is 4.83. The monoisotopic (exact) mass is 814 g/mol. The second-order valence-corrected chi connectivity index (χ2v) is 17.7. The number of ether oxygens (including phenoxy) is 2. The van der Waals surface area contributed by atoms with E-state index in [4.69, 9.17) is 19.4 Å². The van der Waals surface area contributed by atoms with Crippen LogP contribution in [0.1, 0.15) is 76.1 Å². The molecule has 0 bridgehead atoms. The van der Waals surface area contributed by atoms with Crippen molar-refractivity contribution < 1.29 is 33.8 Å². The Kier molecular flexibility index (Phi) is 9.53. The number of rotatable bonds is 10. The van der Waals surface area contributed by atoms with E-state index < -0.39 is 24.3 Å². The van der Waals surface area contributed by atoms with Gasteiger partial charge in [0.05, 0.1) is 42.1 Å². The first kappa shape index (κ1) is 38.3. The van der Waals surface area contributed by atoms with E-state index in [1.807, 2.05) is 35.9 Å². The van der Waals surface area contributed by atoms with Gasteiger partial charge in [-0.1, -0.05) is 44.2 Å². The summed E-state index contributed by atoms with van der Waals surface area (Å²) in [6, 6.07) is 17.2. The van der Waals surface area contributed by atoms with Crippen LogP contribution in [0.2, 0.25) is 0 Å². The van der Waals surface area contributed by atoms with Crippen molar-refractivity contribution in [3.63, 3.8) is 0 Å². The summed E-state index contributed by atoms with van der Waals surface area (Å²) in [5.74, 6) is 1.84. The number of carbonyl (C=O) groups excluding carboxylic acids is 3. The SMILES string of the molecule is COC(=O)N[C@H](C(=O)N1[C@@H]2C[C@H]2C[C@H]1c1ncc(-c2ccc3cc(-c4ccc5nc([C@@H]6C[C@H]7C[C@H]7N6C(=O)[C@@H](NC(=O)O)C(C)C)[nH]c5c4)ccc3c2)[nH]1)C1CCOCC1. The molecule has 4 amide bonds. The zero-order chi connectivity index (χ0) is 41.4. The van der Waals surface area contributed by atoms with Crippen molar-refractivity contribution in [2.75, 3.05) is 20.3 Å². The summed E-state index contributed by atoms with van der Waals surface area (Å²) in [5.41, 5.74) is 5.64. The summed E-state index contributed by atoms with van der Waals surface area (Å²) in [4.78, 5) is 72.5. The number of hydrogen-bond donors (Lipinski definition) is 5. The minimum atomic E-state index is -1.20. The van der Waals surface area contributed by atoms with E-state index in [0.29, 0.717) is 37.9 Å². The van der Waals surface area contributed by atoms with Crippen molar-refractivity contribution in [3.05, 3.63) is 72.4 Å². The fourth-order valence-electron chi connectivity index (χ4n) is 10.2. The van der Waals surface area contributed by atoms with Gasteiger partial charge >= 0.3 is 12.2 Å². The average Bonchev–Trinajstić information content (AvgIpc) is 3.87. The first-order valence-electron chi connectivity index (χ1n) is 21.2. The van der Waals surface area contributed by atoms with Crippen molar-refractivity contribution >= 4 is 45.8 Å². The van der Waals surface area contributed by atoms with Gasteiger partial charge in [-0.15, -0.1) is 0 Å². The summed E-state index contributed by atoms with van der Waals surface area (Å²) in [5, 5.41) is 16.9. The Hall–Kier alpha value is -5.96. The number of nitrogens with one attached hydrogen (secondary N) is 4. The molecule has 8 atom stereocenters. The maximum absolute atomic E-state index is 14.2. The van der Waals surface area contributed by atoms with Gasteiger partial charge in [-0.25, -0.2) is 19.6 Å². The largest absolute Gasteiger partial charge is 0.465 e. The molecular weight excluding hydrogens is 765 g/mol. The number of imidazole rings is 2. The molecule has 3 saturated heterocycles. The molecule has 0 spiro atoms. The molecule has 5 heterocycles. The molecular formula is C45H50N8O7. The third-order valence-electron chi connectivity index (χ3n) is 13.6. The van der Waals surface area contributed by atoms with Crippen LogP contribution in [0.3, 0.4) is 0 Å². The smallest absolute Gasteiger partial charge is 0.407 e. The maximum Gasteiger partial charge on any atom is 0.407 e. The molecule has 10 rings (SSSR count). The van der Waals surface area contributed by atoms with E-state index in [1.165, 1.54) is 7.11 Å². The minimum absolute atomic E-state index is 0.0258. The molecule has 5 aromatic rings. The van der Waals surface area contributed by atoms with Crippen molar-refractivity contribution in [2.45, 2.75) is 88.6 Å². The number of likely N-dealkylation sites (tertiary alicyclic amines) is 2. The number of amides is 4. The van der Waals surface area contributed by atoms with Gasteiger partial charge < -0.3 is 45.0 Å². The number of carboxylic acid groups (broad SMARTS) is 1. The number of fused-ring (bicyclic) bond motifs is 4. The lowest BCUT2D eigenvalue weighted by molar-refractivity contribution is -0.138. The molecule has 0 radical (unpaired) electrons. The molecule has 60 heavy (non-hydrogen) atoms. The van der Waals surface area contributed by atoms with Crippen molar-refractivity contribution in [2.24, 2.45) is 23.7 Å². The van der Waals surface area contributed by atoms with Crippen LogP contribution in [0.5, 0.6) is 0 Å². The summed E-state index contributed by atoms with van der Waals surface area (Å²) in [6.07, 6.45) is 4.98. The molecule has 2 aromatic heterocycles. The van der Waals surface area contributed by atoms with E-state index in [0.717, 1.165) is 81.5 Å². The first-order valence-corrected chi connectivity index (χ1v) is 21.2. The number of piperidine rings is 2. The molecule has 15 nitrogen and oxygen atoms in total. The average molecular weight is 815 g/mol. The highest BCUT2D eigenvalue weighted by molar-refractivity contribution is 5.92. The normalized spacial score (nSPS) is 25.5. The Morgan fingerprint density at radius 2 is 1.43 bits per heavy atom. The number of carbonyl (C=O) groups is 4. The van der Waals surface area contributed by atoms with E-state index in [1.54, 1.807) is 0 Å². The lowest BCUT2D eigenvalue weighted by atomic mass is 9.90. The van der Waals surface area contributed by atoms with E-state index >= 15 is 0 Å². The van der Waals surface area contributed by atoms with Gasteiger partial charge in [-0.2, -0.15) is 0 Å². The number of benzene rings is 3. The van der Waals surface area contributed by atoms with Gasteiger partial charge in [0.2, 0.25) is 11.8 Å². The fourth-order valence-corrected chi connectivity index (χ4v) is 10.2. The second-order valence-electron chi connectivity index (χ2n) is 17.7. The standard InChI is InChI=1S/C45H50N8O7/c1-22(2)38(50-44(56)57)42(54)53-35-18-30(35)20-37(53)41-47-31-9-8-27(16-32(31)48-41)25-4-5-26-15-28(7-6-24(26)14-25)33-21-46-40(49-33)36-19-29-17-34(29)52(36)43(55)39(51-45(58)59-3)23-10-12-60-13-11-23/h4-9,14-16,21-23,29-30,34-39,50H,10-13,17-20H2,1-3H3,(H,46,49)(H,47,48)(H,51,58)(H,56,57)/t29-,30+,34+,35+,36-,37-,38-,39-/m0/s1. The van der Waals surface area contributed by atoms with E-state index in [2.05, 4.69) is 69.1 Å². The maximum atomic E-state index is 14.2. The lowest BCUT2D eigenvalue weighted by Gasteiger charge is -2.35. The molecule has 0 unspecified atom stereocenters. The van der Waals surface area contributed by atoms with Crippen LogP contribution < -0.4 is 10.6 Å². The Bertz CT molecular complexity index is 2510. The number of H-pyrrole nitrogens is 2. The molecule has 312 valence electrons. The zero-order valence-corrected chi connectivity index (χ0v) is 33.9. The molecule has 3 aromatic carbocycles. The number of nitrogens with zero attached hydrogens (tertiary/aromatic N) is 4. The highest BCUT2D eigenvalue weighted by Gasteiger charge is 2.57. The van der Waals surface area contributed by atoms with Gasteiger partial charge in [-0.05, 0) is 108 Å². The highest BCUT2D eigenvalue weighted by atomic mass is 16.5. The molecule has 2 aliphatic carbocycles. The summed E-state index contributed by atoms with van der Waals surface area (Å²) in [7, 11) is 1.32. The van der Waals surface area contributed by atoms with Crippen LogP contribution in [0.15, 0.2) is 60.8 Å². The molecule has 3 aliphatic heterocycles. The predicted octanol–water partition coefficient (Wildman–Crippen LogP) is 6.54. The van der Waals surface area contributed by atoms with E-state index in [9.17, 15) is 24.3 Å². The quantitative estimate of drug-likeness (QED) is 0.104. The Morgan fingerprint density at radius 1 is 0.800 bits per heavy atom. The van der Waals surface area contributed by atoms with Crippen molar-refractivity contribution in [3.8, 4) is 22.4 Å². The highest BCUT2D eigenvalue weighted by Crippen LogP contribution is 2.55. The van der Waals surface area contributed by atoms with Crippen LogP contribution in [-0.4, -0.2) is 103 Å². The van der Waals surface area contributed by atoms with Crippen LogP contribution in [0, 0.1) is 23.7 Å². The van der Waals surface area contributed by atoms with Gasteiger partial charge in [0.15, 0.2) is 0 Å². The predicted molar refractivity (Wildman–Crippen MR) is 221 cm³/mol. The Morgan fingerprint density at radius 3 is 2.12 bits per heavy atom. The third kappa shape index (κ3) is 6.91. The minimum Gasteiger partial charge on any atom is -0.465 e. The van der Waals surface area contributed by atoms with Crippen LogP contribution >= 0.6 is 0 Å². The summed E-state index contributed by atoms with van der Waals surface area (Å²) < 4.78 is 10.5. The van der Waals surface area contributed by atoms with E-state index in [-0.39, 0.29) is 47.8 Å². The lowest BCUT2D eigenvalue weighted by Crippen LogP contribution is -2.54. The summed E-state index contributed by atoms with van der Waals surface area (Å²) >= 11 is 0. The topological polar surface area (TPSA) is 195 Å². The third-order valence-corrected chi connectivity index (χ3v) is 13.6. The number of methoxy groups -OCH3 is 1. The van der Waals surface area contributed by atoms with Crippen LogP contribution in [-0.2, 0) is 19.1 Å². The molecule has 15 heteroatoms. The number of alkyl carbamates (subject to hydrolysis) is 1. The van der Waals surface area contributed by atoms with Gasteiger partial charge in [-0.3, -0.25) is 9.59 Å². The molecule has 5 N–H and O–H groups in total. The molecule has 5 aliphatic rings. The number of hydrogen-bond acceptors (Lipinski definition) is 8. The molecule has 5 fully saturated rings. The number of aromatic nitrogens is 4. The van der Waals surface area contributed by atoms with Gasteiger partial charge in [0, 0.05) is 30.9 Å². The number of aromatic amines is 2. The van der Waals surface area contributed by atoms with Crippen molar-refractivity contribution in [1.29, 1.82) is 0 Å². The Balaban J connectivity index is 0.861. The first-order chi connectivity index (χ1) is 29.0.